The van der Waals surface area contributed by atoms with E-state index in [0.29, 0.717) is 5.69 Å². The zero-order valence-corrected chi connectivity index (χ0v) is 7.72. The van der Waals surface area contributed by atoms with Crippen molar-refractivity contribution in [3.05, 3.63) is 54.9 Å². The Morgan fingerprint density at radius 2 is 2.07 bits per heavy atom. The Morgan fingerprint density at radius 3 is 2.86 bits per heavy atom. The number of aliphatic hydroxyl groups excluding tert-OH is 1. The lowest BCUT2D eigenvalue weighted by atomic mass is 10.1. The Hall–Kier alpha value is -1.67. The lowest BCUT2D eigenvalue weighted by molar-refractivity contribution is 0.226. The normalized spacial score (nSPS) is 12.6. The number of hydrogen-bond donors (Lipinski definition) is 1. The van der Waals surface area contributed by atoms with Crippen LogP contribution in [0.1, 0.15) is 11.8 Å². The van der Waals surface area contributed by atoms with Gasteiger partial charge in [0.1, 0.15) is 6.10 Å². The molecule has 2 aromatic rings. The smallest absolute Gasteiger partial charge is 0.114 e. The molecular formula is C12H11NO. The summed E-state index contributed by atoms with van der Waals surface area (Å²) in [6.07, 6.45) is 2.49. The predicted octanol–water partition coefficient (Wildman–Crippen LogP) is 2.45. The number of pyridine rings is 1. The molecular weight excluding hydrogens is 174 g/mol. The number of benzene rings is 1. The van der Waals surface area contributed by atoms with Crippen molar-refractivity contribution in [3.63, 3.8) is 0 Å². The quantitative estimate of drug-likeness (QED) is 0.729. The molecule has 0 fully saturated rings. The van der Waals surface area contributed by atoms with Gasteiger partial charge >= 0.3 is 0 Å². The number of nitrogens with zero attached hydrogens (tertiary/aromatic N) is 1. The fourth-order valence-corrected chi connectivity index (χ4v) is 1.49. The minimum absolute atomic E-state index is 0.665. The minimum Gasteiger partial charge on any atom is -0.383 e. The maximum absolute atomic E-state index is 9.65. The van der Waals surface area contributed by atoms with E-state index in [1.807, 2.05) is 30.3 Å². The summed E-state index contributed by atoms with van der Waals surface area (Å²) >= 11 is 0. The Morgan fingerprint density at radius 1 is 1.29 bits per heavy atom. The first-order valence-electron chi connectivity index (χ1n) is 4.47. The summed E-state index contributed by atoms with van der Waals surface area (Å²) in [7, 11) is 0. The third-order valence-electron chi connectivity index (χ3n) is 2.21. The number of hydrogen-bond acceptors (Lipinski definition) is 2. The Balaban J connectivity index is 2.70. The van der Waals surface area contributed by atoms with Gasteiger partial charge < -0.3 is 5.11 Å². The van der Waals surface area contributed by atoms with Gasteiger partial charge in [-0.3, -0.25) is 4.98 Å². The van der Waals surface area contributed by atoms with Crippen LogP contribution >= 0.6 is 0 Å². The van der Waals surface area contributed by atoms with Gasteiger partial charge in [0.2, 0.25) is 0 Å². The molecule has 1 heterocycles. The summed E-state index contributed by atoms with van der Waals surface area (Å²) in [6, 6.07) is 9.77. The number of aliphatic hydroxyl groups is 1. The molecule has 1 atom stereocenters. The first-order chi connectivity index (χ1) is 6.83. The van der Waals surface area contributed by atoms with E-state index in [2.05, 4.69) is 11.6 Å². The van der Waals surface area contributed by atoms with Gasteiger partial charge in [-0.05, 0) is 11.5 Å². The van der Waals surface area contributed by atoms with E-state index in [0.717, 1.165) is 10.8 Å². The lowest BCUT2D eigenvalue weighted by Crippen LogP contribution is -1.97. The topological polar surface area (TPSA) is 33.1 Å². The molecule has 0 aliphatic carbocycles. The van der Waals surface area contributed by atoms with Crippen LogP contribution in [0.5, 0.6) is 0 Å². The monoisotopic (exact) mass is 185 g/mol. The fraction of sp³-hybridized carbons (Fsp3) is 0.0833. The average molecular weight is 185 g/mol. The number of fused-ring (bicyclic) bond motifs is 1. The van der Waals surface area contributed by atoms with E-state index in [-0.39, 0.29) is 0 Å². The molecule has 0 aliphatic rings. The first kappa shape index (κ1) is 8.91. The molecule has 0 amide bonds. The first-order valence-corrected chi connectivity index (χ1v) is 4.47. The largest absolute Gasteiger partial charge is 0.383 e. The molecule has 0 bridgehead atoms. The Bertz CT molecular complexity index is 459. The molecule has 2 heteroatoms. The van der Waals surface area contributed by atoms with E-state index in [1.54, 1.807) is 6.20 Å². The third-order valence-corrected chi connectivity index (χ3v) is 2.21. The van der Waals surface area contributed by atoms with Crippen molar-refractivity contribution in [3.8, 4) is 0 Å². The zero-order chi connectivity index (χ0) is 9.97. The van der Waals surface area contributed by atoms with Crippen LogP contribution in [-0.4, -0.2) is 10.1 Å². The standard InChI is InChI=1S/C12H11NO/c1-2-11(14)12-10-6-4-3-5-9(10)7-8-13-12/h2-8,11,14H,1H2. The van der Waals surface area contributed by atoms with Gasteiger partial charge in [-0.1, -0.05) is 30.3 Å². The van der Waals surface area contributed by atoms with Gasteiger partial charge in [-0.2, -0.15) is 0 Å². The van der Waals surface area contributed by atoms with Crippen molar-refractivity contribution >= 4 is 10.8 Å². The maximum atomic E-state index is 9.65. The van der Waals surface area contributed by atoms with Crippen molar-refractivity contribution in [2.24, 2.45) is 0 Å². The van der Waals surface area contributed by atoms with E-state index in [4.69, 9.17) is 0 Å². The van der Waals surface area contributed by atoms with Crippen LogP contribution in [0.25, 0.3) is 10.8 Å². The van der Waals surface area contributed by atoms with Gasteiger partial charge in [-0.25, -0.2) is 0 Å². The van der Waals surface area contributed by atoms with Crippen molar-refractivity contribution in [2.45, 2.75) is 6.10 Å². The highest BCUT2D eigenvalue weighted by Crippen LogP contribution is 2.21. The van der Waals surface area contributed by atoms with Crippen molar-refractivity contribution in [1.82, 2.24) is 4.98 Å². The van der Waals surface area contributed by atoms with Crippen molar-refractivity contribution < 1.29 is 5.11 Å². The van der Waals surface area contributed by atoms with Gasteiger partial charge in [0.25, 0.3) is 0 Å². The highest BCUT2D eigenvalue weighted by Gasteiger charge is 2.07. The van der Waals surface area contributed by atoms with Crippen LogP contribution in [0.4, 0.5) is 0 Å². The molecule has 1 aromatic heterocycles. The molecule has 0 saturated heterocycles. The highest BCUT2D eigenvalue weighted by molar-refractivity contribution is 5.84. The summed E-state index contributed by atoms with van der Waals surface area (Å²) in [6.45, 7) is 3.55. The molecule has 0 radical (unpaired) electrons. The summed E-state index contributed by atoms with van der Waals surface area (Å²) in [5, 5.41) is 11.7. The second-order valence-electron chi connectivity index (χ2n) is 3.10. The Labute approximate surface area is 82.5 Å². The second kappa shape index (κ2) is 3.60. The van der Waals surface area contributed by atoms with E-state index in [1.165, 1.54) is 6.08 Å². The van der Waals surface area contributed by atoms with Crippen LogP contribution in [0.3, 0.4) is 0 Å². The lowest BCUT2D eigenvalue weighted by Gasteiger charge is -2.07. The molecule has 1 N–H and O–H groups in total. The molecule has 14 heavy (non-hydrogen) atoms. The van der Waals surface area contributed by atoms with Gasteiger partial charge in [-0.15, -0.1) is 6.58 Å². The highest BCUT2D eigenvalue weighted by atomic mass is 16.3. The van der Waals surface area contributed by atoms with Crippen molar-refractivity contribution in [1.29, 1.82) is 0 Å². The van der Waals surface area contributed by atoms with Gasteiger partial charge in [0, 0.05) is 11.6 Å². The van der Waals surface area contributed by atoms with Crippen LogP contribution in [0.2, 0.25) is 0 Å². The summed E-state index contributed by atoms with van der Waals surface area (Å²) in [5.74, 6) is 0. The van der Waals surface area contributed by atoms with Crippen LogP contribution in [-0.2, 0) is 0 Å². The van der Waals surface area contributed by atoms with Gasteiger partial charge in [0.05, 0.1) is 5.69 Å². The predicted molar refractivity (Wildman–Crippen MR) is 56.9 cm³/mol. The van der Waals surface area contributed by atoms with E-state index < -0.39 is 6.10 Å². The average Bonchev–Trinajstić information content (AvgIpc) is 2.27. The molecule has 70 valence electrons. The molecule has 1 unspecified atom stereocenters. The molecule has 0 spiro atoms. The summed E-state index contributed by atoms with van der Waals surface area (Å²) in [4.78, 5) is 4.16. The SMILES string of the molecule is C=CC(O)c1nccc2ccccc12. The molecule has 2 nitrogen and oxygen atoms in total. The number of rotatable bonds is 2. The third kappa shape index (κ3) is 1.40. The fourth-order valence-electron chi connectivity index (χ4n) is 1.49. The van der Waals surface area contributed by atoms with Crippen LogP contribution in [0, 0.1) is 0 Å². The second-order valence-corrected chi connectivity index (χ2v) is 3.10. The molecule has 0 aliphatic heterocycles. The summed E-state index contributed by atoms with van der Waals surface area (Å²) < 4.78 is 0. The van der Waals surface area contributed by atoms with E-state index >= 15 is 0 Å². The van der Waals surface area contributed by atoms with Gasteiger partial charge in [0.15, 0.2) is 0 Å². The Kier molecular flexibility index (Phi) is 2.29. The zero-order valence-electron chi connectivity index (χ0n) is 7.72. The maximum Gasteiger partial charge on any atom is 0.114 e. The van der Waals surface area contributed by atoms with E-state index in [9.17, 15) is 5.11 Å². The minimum atomic E-state index is -0.693. The van der Waals surface area contributed by atoms with Crippen molar-refractivity contribution in [2.75, 3.05) is 0 Å². The van der Waals surface area contributed by atoms with Crippen LogP contribution < -0.4 is 0 Å². The molecule has 2 rings (SSSR count). The summed E-state index contributed by atoms with van der Waals surface area (Å²) in [5.41, 5.74) is 0.665. The van der Waals surface area contributed by atoms with Crippen LogP contribution in [0.15, 0.2) is 49.2 Å². The molecule has 1 aromatic carbocycles. The number of aromatic nitrogens is 1. The molecule has 0 saturated carbocycles.